The molecule has 96 valence electrons. The van der Waals surface area contributed by atoms with E-state index in [9.17, 15) is 18.0 Å². The quantitative estimate of drug-likeness (QED) is 0.665. The zero-order valence-corrected chi connectivity index (χ0v) is 10.2. The van der Waals surface area contributed by atoms with Crippen molar-refractivity contribution in [2.75, 3.05) is 0 Å². The third-order valence-corrected chi connectivity index (χ3v) is 3.41. The van der Waals surface area contributed by atoms with E-state index in [1.165, 1.54) is 6.07 Å². The molecule has 0 amide bonds. The van der Waals surface area contributed by atoms with Gasteiger partial charge in [0.05, 0.1) is 15.8 Å². The summed E-state index contributed by atoms with van der Waals surface area (Å²) in [6.45, 7) is 1.74. The van der Waals surface area contributed by atoms with Crippen LogP contribution in [0.4, 0.5) is 0 Å². The molecule has 0 spiro atoms. The molecule has 0 atom stereocenters. The van der Waals surface area contributed by atoms with Crippen molar-refractivity contribution in [3.8, 4) is 0 Å². The predicted octanol–water partition coefficient (Wildman–Crippen LogP) is 0.0255. The molecule has 0 saturated carbocycles. The highest BCUT2D eigenvalue weighted by Gasteiger charge is 2.15. The Morgan fingerprint density at radius 2 is 1.89 bits per heavy atom. The van der Waals surface area contributed by atoms with Gasteiger partial charge in [0.2, 0.25) is 0 Å². The molecule has 0 aliphatic heterocycles. The Bertz CT molecular complexity index is 831. The third-order valence-electron chi connectivity index (χ3n) is 2.58. The average molecular weight is 270 g/mol. The first-order valence-corrected chi connectivity index (χ1v) is 6.53. The highest BCUT2D eigenvalue weighted by Crippen LogP contribution is 2.19. The Morgan fingerprint density at radius 1 is 1.22 bits per heavy atom. The number of aryl methyl sites for hydroxylation is 1. The predicted molar refractivity (Wildman–Crippen MR) is 64.4 cm³/mol. The SMILES string of the molecule is CCc1cc(S(=O)(=O)O)cc2c(=O)[nH]c(=O)[nH]c12. The molecular formula is C10H10N2O5S. The van der Waals surface area contributed by atoms with Gasteiger partial charge in [-0.05, 0) is 24.1 Å². The number of hydrogen-bond donors (Lipinski definition) is 3. The first kappa shape index (κ1) is 12.5. The maximum absolute atomic E-state index is 11.6. The van der Waals surface area contributed by atoms with Crippen LogP contribution in [0.3, 0.4) is 0 Å². The maximum Gasteiger partial charge on any atom is 0.326 e. The minimum atomic E-state index is -4.40. The Labute approximate surface area is 101 Å². The lowest BCUT2D eigenvalue weighted by atomic mass is 10.1. The number of H-pyrrole nitrogens is 2. The topological polar surface area (TPSA) is 120 Å². The maximum atomic E-state index is 11.6. The average Bonchev–Trinajstić information content (AvgIpc) is 2.26. The van der Waals surface area contributed by atoms with Crippen molar-refractivity contribution in [2.45, 2.75) is 18.2 Å². The number of fused-ring (bicyclic) bond motifs is 1. The van der Waals surface area contributed by atoms with E-state index >= 15 is 0 Å². The smallest absolute Gasteiger partial charge is 0.307 e. The fourth-order valence-electron chi connectivity index (χ4n) is 1.74. The van der Waals surface area contributed by atoms with Gasteiger partial charge in [0.25, 0.3) is 15.7 Å². The summed E-state index contributed by atoms with van der Waals surface area (Å²) in [6.07, 6.45) is 0.402. The van der Waals surface area contributed by atoms with E-state index in [4.69, 9.17) is 4.55 Å². The summed E-state index contributed by atoms with van der Waals surface area (Å²) in [5.74, 6) is 0. The van der Waals surface area contributed by atoms with Crippen molar-refractivity contribution in [1.29, 1.82) is 0 Å². The van der Waals surface area contributed by atoms with Gasteiger partial charge in [-0.15, -0.1) is 0 Å². The number of nitrogens with one attached hydrogen (secondary N) is 2. The van der Waals surface area contributed by atoms with E-state index < -0.39 is 21.4 Å². The second-order valence-corrected chi connectivity index (χ2v) is 5.16. The third kappa shape index (κ3) is 2.07. The Balaban J connectivity index is 3.02. The van der Waals surface area contributed by atoms with Crippen molar-refractivity contribution in [2.24, 2.45) is 0 Å². The molecule has 2 rings (SSSR count). The molecular weight excluding hydrogens is 260 g/mol. The summed E-state index contributed by atoms with van der Waals surface area (Å²) < 4.78 is 31.2. The van der Waals surface area contributed by atoms with Gasteiger partial charge in [0.1, 0.15) is 0 Å². The summed E-state index contributed by atoms with van der Waals surface area (Å²) in [7, 11) is -4.40. The lowest BCUT2D eigenvalue weighted by molar-refractivity contribution is 0.483. The number of benzene rings is 1. The molecule has 0 radical (unpaired) electrons. The molecule has 8 heteroatoms. The Kier molecular flexibility index (Phi) is 2.83. The van der Waals surface area contributed by atoms with Crippen LogP contribution in [0.2, 0.25) is 0 Å². The molecule has 0 bridgehead atoms. The van der Waals surface area contributed by atoms with Gasteiger partial charge in [0, 0.05) is 0 Å². The molecule has 1 aromatic heterocycles. The van der Waals surface area contributed by atoms with E-state index in [0.29, 0.717) is 12.0 Å². The molecule has 0 unspecified atom stereocenters. The first-order chi connectivity index (χ1) is 8.32. The minimum Gasteiger partial charge on any atom is -0.307 e. The Morgan fingerprint density at radius 3 is 2.44 bits per heavy atom. The minimum absolute atomic E-state index is 0.0153. The van der Waals surface area contributed by atoms with Gasteiger partial charge < -0.3 is 4.98 Å². The molecule has 0 aliphatic carbocycles. The normalized spacial score (nSPS) is 11.9. The summed E-state index contributed by atoms with van der Waals surface area (Å²) >= 11 is 0. The van der Waals surface area contributed by atoms with Crippen LogP contribution in [-0.4, -0.2) is 22.9 Å². The van der Waals surface area contributed by atoms with Crippen LogP contribution >= 0.6 is 0 Å². The molecule has 1 aromatic carbocycles. The van der Waals surface area contributed by atoms with Gasteiger partial charge in [-0.1, -0.05) is 6.92 Å². The van der Waals surface area contributed by atoms with Gasteiger partial charge in [0.15, 0.2) is 0 Å². The van der Waals surface area contributed by atoms with Crippen molar-refractivity contribution >= 4 is 21.0 Å². The van der Waals surface area contributed by atoms with E-state index in [2.05, 4.69) is 4.98 Å². The van der Waals surface area contributed by atoms with Crippen LogP contribution in [0.5, 0.6) is 0 Å². The van der Waals surface area contributed by atoms with Gasteiger partial charge in [-0.2, -0.15) is 8.42 Å². The molecule has 0 aliphatic rings. The van der Waals surface area contributed by atoms with Crippen LogP contribution in [0, 0.1) is 0 Å². The fourth-order valence-corrected chi connectivity index (χ4v) is 2.30. The summed E-state index contributed by atoms with van der Waals surface area (Å²) in [6, 6.07) is 2.26. The number of hydrogen-bond acceptors (Lipinski definition) is 4. The van der Waals surface area contributed by atoms with Crippen molar-refractivity contribution < 1.29 is 13.0 Å². The molecule has 3 N–H and O–H groups in total. The number of aromatic nitrogens is 2. The van der Waals surface area contributed by atoms with E-state index in [1.54, 1.807) is 6.92 Å². The molecule has 2 aromatic rings. The van der Waals surface area contributed by atoms with Crippen LogP contribution < -0.4 is 11.2 Å². The van der Waals surface area contributed by atoms with Gasteiger partial charge >= 0.3 is 5.69 Å². The second kappa shape index (κ2) is 4.07. The highest BCUT2D eigenvalue weighted by atomic mass is 32.2. The summed E-state index contributed by atoms with van der Waals surface area (Å²) in [5, 5.41) is 0.0153. The van der Waals surface area contributed by atoms with Crippen molar-refractivity contribution in [3.63, 3.8) is 0 Å². The van der Waals surface area contributed by atoms with Crippen LogP contribution in [-0.2, 0) is 16.5 Å². The Hall–Kier alpha value is -1.93. The second-order valence-electron chi connectivity index (χ2n) is 3.74. The molecule has 18 heavy (non-hydrogen) atoms. The molecule has 0 saturated heterocycles. The fraction of sp³-hybridized carbons (Fsp3) is 0.200. The standard InChI is InChI=1S/C10H10N2O5S/c1-2-5-3-6(18(15,16)17)4-7-8(5)11-10(14)12-9(7)13/h3-4H,2H2,1H3,(H,15,16,17)(H2,11,12,13,14). The lowest BCUT2D eigenvalue weighted by Gasteiger charge is -2.05. The monoisotopic (exact) mass is 270 g/mol. The highest BCUT2D eigenvalue weighted by molar-refractivity contribution is 7.85. The van der Waals surface area contributed by atoms with Gasteiger partial charge in [-0.25, -0.2) is 4.79 Å². The molecule has 1 heterocycles. The van der Waals surface area contributed by atoms with Crippen LogP contribution in [0.25, 0.3) is 10.9 Å². The van der Waals surface area contributed by atoms with Crippen LogP contribution in [0.15, 0.2) is 26.6 Å². The van der Waals surface area contributed by atoms with E-state index in [0.717, 1.165) is 6.07 Å². The molecule has 7 nitrogen and oxygen atoms in total. The first-order valence-electron chi connectivity index (χ1n) is 5.09. The zero-order chi connectivity index (χ0) is 13.5. The number of aromatic amines is 2. The summed E-state index contributed by atoms with van der Waals surface area (Å²) in [4.78, 5) is 26.8. The van der Waals surface area contributed by atoms with Gasteiger partial charge in [-0.3, -0.25) is 14.3 Å². The summed E-state index contributed by atoms with van der Waals surface area (Å²) in [5.41, 5.74) is -0.627. The van der Waals surface area contributed by atoms with Crippen molar-refractivity contribution in [3.05, 3.63) is 38.5 Å². The zero-order valence-electron chi connectivity index (χ0n) is 9.35. The van der Waals surface area contributed by atoms with Crippen molar-refractivity contribution in [1.82, 2.24) is 9.97 Å². The lowest BCUT2D eigenvalue weighted by Crippen LogP contribution is -2.22. The molecule has 0 fully saturated rings. The largest absolute Gasteiger partial charge is 0.326 e. The van der Waals surface area contributed by atoms with Crippen LogP contribution in [0.1, 0.15) is 12.5 Å². The van der Waals surface area contributed by atoms with E-state index in [1.807, 2.05) is 4.98 Å². The van der Waals surface area contributed by atoms with E-state index in [-0.39, 0.29) is 15.8 Å². The number of rotatable bonds is 2.